The van der Waals surface area contributed by atoms with Gasteiger partial charge in [-0.15, -0.1) is 0 Å². The number of carbonyl (C=O) groups is 2. The number of nitrogens with one attached hydrogen (secondary N) is 1. The quantitative estimate of drug-likeness (QED) is 0.443. The predicted octanol–water partition coefficient (Wildman–Crippen LogP) is 1.81. The van der Waals surface area contributed by atoms with E-state index in [0.29, 0.717) is 36.6 Å². The van der Waals surface area contributed by atoms with Gasteiger partial charge in [-0.1, -0.05) is 13.3 Å². The van der Waals surface area contributed by atoms with Gasteiger partial charge in [0.2, 0.25) is 10.0 Å². The molecule has 0 radical (unpaired) electrons. The first-order valence-corrected chi connectivity index (χ1v) is 13.3. The van der Waals surface area contributed by atoms with Crippen LogP contribution < -0.4 is 5.32 Å². The lowest BCUT2D eigenvalue weighted by Crippen LogP contribution is -2.50. The first-order valence-electron chi connectivity index (χ1n) is 11.7. The van der Waals surface area contributed by atoms with Crippen LogP contribution in [0.1, 0.15) is 65.7 Å². The maximum Gasteiger partial charge on any atom is 0.335 e. The van der Waals surface area contributed by atoms with E-state index in [4.69, 9.17) is 4.74 Å². The zero-order chi connectivity index (χ0) is 22.6. The van der Waals surface area contributed by atoms with E-state index >= 15 is 0 Å². The molecule has 3 aliphatic rings. The van der Waals surface area contributed by atoms with E-state index in [1.165, 1.54) is 23.6 Å². The van der Waals surface area contributed by atoms with Crippen LogP contribution >= 0.6 is 0 Å². The van der Waals surface area contributed by atoms with Gasteiger partial charge in [0.15, 0.2) is 0 Å². The van der Waals surface area contributed by atoms with Gasteiger partial charge in [-0.3, -0.25) is 4.79 Å². The summed E-state index contributed by atoms with van der Waals surface area (Å²) < 4.78 is 31.4. The molecule has 9 heteroatoms. The van der Waals surface area contributed by atoms with Crippen molar-refractivity contribution in [3.63, 3.8) is 0 Å². The minimum Gasteiger partial charge on any atom is -0.450 e. The fourth-order valence-electron chi connectivity index (χ4n) is 5.18. The molecule has 3 aliphatic heterocycles. The Balaban J connectivity index is 1.58. The van der Waals surface area contributed by atoms with E-state index in [9.17, 15) is 18.0 Å². The minimum absolute atomic E-state index is 0.0396. The van der Waals surface area contributed by atoms with Crippen LogP contribution in [0.5, 0.6) is 0 Å². The van der Waals surface area contributed by atoms with Crippen LogP contribution in [0.25, 0.3) is 0 Å². The Kier molecular flexibility index (Phi) is 7.81. The fraction of sp³-hybridized carbons (Fsp3) is 0.818. The summed E-state index contributed by atoms with van der Waals surface area (Å²) in [5.74, 6) is -0.699. The van der Waals surface area contributed by atoms with Crippen molar-refractivity contribution in [2.75, 3.05) is 38.5 Å². The second kappa shape index (κ2) is 10.0. The molecular weight excluding hydrogens is 418 g/mol. The van der Waals surface area contributed by atoms with Crippen LogP contribution in [-0.2, 0) is 24.3 Å². The Hall–Kier alpha value is -1.45. The first kappa shape index (κ1) is 24.2. The van der Waals surface area contributed by atoms with Gasteiger partial charge in [0, 0.05) is 50.6 Å². The lowest BCUT2D eigenvalue weighted by Gasteiger charge is -2.38. The van der Waals surface area contributed by atoms with E-state index in [2.05, 4.69) is 17.1 Å². The summed E-state index contributed by atoms with van der Waals surface area (Å²) in [5.41, 5.74) is -0.285. The monoisotopic (exact) mass is 455 g/mol. The number of carbonyl (C=O) groups excluding carboxylic acids is 2. The van der Waals surface area contributed by atoms with Crippen LogP contribution in [0.2, 0.25) is 0 Å². The maximum atomic E-state index is 13.0. The smallest absolute Gasteiger partial charge is 0.335 e. The van der Waals surface area contributed by atoms with Gasteiger partial charge < -0.3 is 15.0 Å². The van der Waals surface area contributed by atoms with Crippen LogP contribution in [0, 0.1) is 0 Å². The number of rotatable bonds is 8. The van der Waals surface area contributed by atoms with E-state index < -0.39 is 21.6 Å². The molecule has 1 spiro atoms. The Morgan fingerprint density at radius 1 is 1.19 bits per heavy atom. The molecule has 3 rings (SSSR count). The number of piperidine rings is 2. The minimum atomic E-state index is -3.30. The fourth-order valence-corrected chi connectivity index (χ4v) is 6.28. The standard InChI is InChI=1S/C22H37N3O5S/c1-4-18-9-6-7-13-24(18)14-8-12-23-20(26)19-17(3)21(27)30-22(19)10-15-25(16-11-22)31(28,29)5-2/h18H,4-16H2,1-3H3,(H,23,26). The van der Waals surface area contributed by atoms with Gasteiger partial charge in [-0.05, 0) is 46.1 Å². The molecule has 1 N–H and O–H groups in total. The van der Waals surface area contributed by atoms with Gasteiger partial charge >= 0.3 is 5.97 Å². The van der Waals surface area contributed by atoms with Crippen LogP contribution in [0.3, 0.4) is 0 Å². The third kappa shape index (κ3) is 5.14. The second-order valence-electron chi connectivity index (χ2n) is 8.89. The molecule has 0 bridgehead atoms. The third-order valence-electron chi connectivity index (χ3n) is 7.07. The van der Waals surface area contributed by atoms with Crippen molar-refractivity contribution >= 4 is 21.9 Å². The van der Waals surface area contributed by atoms with Crippen molar-refractivity contribution in [3.05, 3.63) is 11.1 Å². The van der Waals surface area contributed by atoms with Crippen molar-refractivity contribution < 1.29 is 22.7 Å². The van der Waals surface area contributed by atoms with Crippen LogP contribution in [0.4, 0.5) is 0 Å². The molecule has 0 aromatic heterocycles. The van der Waals surface area contributed by atoms with Crippen LogP contribution in [-0.4, -0.2) is 79.6 Å². The van der Waals surface area contributed by atoms with Crippen LogP contribution in [0.15, 0.2) is 11.1 Å². The molecule has 31 heavy (non-hydrogen) atoms. The number of hydrogen-bond acceptors (Lipinski definition) is 6. The van der Waals surface area contributed by atoms with Crippen molar-refractivity contribution in [2.45, 2.75) is 77.4 Å². The summed E-state index contributed by atoms with van der Waals surface area (Å²) in [4.78, 5) is 27.9. The number of hydrogen-bond donors (Lipinski definition) is 1. The Bertz CT molecular complexity index is 815. The molecule has 8 nitrogen and oxygen atoms in total. The molecule has 0 aliphatic carbocycles. The van der Waals surface area contributed by atoms with Gasteiger partial charge in [-0.2, -0.15) is 0 Å². The molecule has 1 amide bonds. The molecule has 0 saturated carbocycles. The van der Waals surface area contributed by atoms with Gasteiger partial charge in [-0.25, -0.2) is 17.5 Å². The van der Waals surface area contributed by atoms with E-state index in [0.717, 1.165) is 25.9 Å². The second-order valence-corrected chi connectivity index (χ2v) is 11.1. The van der Waals surface area contributed by atoms with E-state index in [-0.39, 0.29) is 24.7 Å². The highest BCUT2D eigenvalue weighted by Gasteiger charge is 2.51. The number of likely N-dealkylation sites (tertiary alicyclic amines) is 1. The highest BCUT2D eigenvalue weighted by molar-refractivity contribution is 7.89. The lowest BCUT2D eigenvalue weighted by atomic mass is 9.83. The number of nitrogens with zero attached hydrogens (tertiary/aromatic N) is 2. The summed E-state index contributed by atoms with van der Waals surface area (Å²) in [6.07, 6.45) is 6.42. The third-order valence-corrected chi connectivity index (χ3v) is 8.95. The lowest BCUT2D eigenvalue weighted by molar-refractivity contribution is -0.150. The number of ether oxygens (including phenoxy) is 1. The van der Waals surface area contributed by atoms with Gasteiger partial charge in [0.05, 0.1) is 11.3 Å². The highest BCUT2D eigenvalue weighted by Crippen LogP contribution is 2.41. The molecular formula is C22H37N3O5S. The summed E-state index contributed by atoms with van der Waals surface area (Å²) >= 11 is 0. The molecule has 176 valence electrons. The topological polar surface area (TPSA) is 96.0 Å². The molecule has 1 unspecified atom stereocenters. The highest BCUT2D eigenvalue weighted by atomic mass is 32.2. The van der Waals surface area contributed by atoms with Crippen molar-refractivity contribution in [3.8, 4) is 0 Å². The number of sulfonamides is 1. The molecule has 2 fully saturated rings. The van der Waals surface area contributed by atoms with Crippen molar-refractivity contribution in [1.82, 2.24) is 14.5 Å². The van der Waals surface area contributed by atoms with Crippen molar-refractivity contribution in [2.24, 2.45) is 0 Å². The zero-order valence-corrected chi connectivity index (χ0v) is 19.9. The largest absolute Gasteiger partial charge is 0.450 e. The average Bonchev–Trinajstić information content (AvgIpc) is 3.00. The molecule has 3 heterocycles. The normalized spacial score (nSPS) is 25.1. The SMILES string of the molecule is CCC1CCCCN1CCCNC(=O)C1=C(C)C(=O)OC12CCN(S(=O)(=O)CC)CC2. The predicted molar refractivity (Wildman–Crippen MR) is 119 cm³/mol. The van der Waals surface area contributed by atoms with Crippen molar-refractivity contribution in [1.29, 1.82) is 0 Å². The first-order chi connectivity index (χ1) is 14.7. The Labute approximate surface area is 186 Å². The summed E-state index contributed by atoms with van der Waals surface area (Å²) in [6.45, 7) is 8.60. The van der Waals surface area contributed by atoms with E-state index in [1.807, 2.05) is 0 Å². The number of amides is 1. The zero-order valence-electron chi connectivity index (χ0n) is 19.1. The molecule has 0 aromatic carbocycles. The average molecular weight is 456 g/mol. The summed E-state index contributed by atoms with van der Waals surface area (Å²) in [6, 6.07) is 0.642. The van der Waals surface area contributed by atoms with E-state index in [1.54, 1.807) is 13.8 Å². The van der Waals surface area contributed by atoms with Gasteiger partial charge in [0.25, 0.3) is 5.91 Å². The number of esters is 1. The van der Waals surface area contributed by atoms with Gasteiger partial charge in [0.1, 0.15) is 5.60 Å². The molecule has 2 saturated heterocycles. The summed E-state index contributed by atoms with van der Waals surface area (Å²) in [7, 11) is -3.30. The molecule has 1 atom stereocenters. The summed E-state index contributed by atoms with van der Waals surface area (Å²) in [5, 5.41) is 2.98. The molecule has 0 aromatic rings. The Morgan fingerprint density at radius 3 is 2.55 bits per heavy atom. The Morgan fingerprint density at radius 2 is 1.90 bits per heavy atom. The maximum absolute atomic E-state index is 13.0.